The quantitative estimate of drug-likeness (QED) is 0.635. The van der Waals surface area contributed by atoms with Gasteiger partial charge in [0.05, 0.1) is 16.6 Å². The van der Waals surface area contributed by atoms with Crippen LogP contribution < -0.4 is 0 Å². The van der Waals surface area contributed by atoms with Crippen molar-refractivity contribution in [1.82, 2.24) is 29.3 Å². The number of pyridine rings is 1. The molecule has 1 unspecified atom stereocenters. The molecule has 0 saturated heterocycles. The number of nitrogens with zero attached hydrogens (tertiary/aromatic N) is 6. The highest BCUT2D eigenvalue weighted by molar-refractivity contribution is 9.10. The Morgan fingerprint density at radius 2 is 2.17 bits per heavy atom. The van der Waals surface area contributed by atoms with Crippen LogP contribution in [0.4, 0.5) is 0 Å². The molecule has 0 N–H and O–H groups in total. The molecule has 4 rings (SSSR count). The molecule has 0 spiro atoms. The van der Waals surface area contributed by atoms with Crippen molar-refractivity contribution in [1.29, 1.82) is 0 Å². The molecule has 0 saturated carbocycles. The van der Waals surface area contributed by atoms with E-state index in [9.17, 15) is 4.79 Å². The second-order valence-corrected chi connectivity index (χ2v) is 6.55. The Balaban J connectivity index is 1.68. The van der Waals surface area contributed by atoms with Crippen LogP contribution in [0.1, 0.15) is 29.3 Å². The van der Waals surface area contributed by atoms with E-state index in [0.29, 0.717) is 28.5 Å². The number of carbonyl (C=O) groups excluding carboxylic acids is 1. The van der Waals surface area contributed by atoms with Gasteiger partial charge in [0.25, 0.3) is 5.91 Å². The Morgan fingerprint density at radius 3 is 3.00 bits per heavy atom. The van der Waals surface area contributed by atoms with Gasteiger partial charge in [-0.05, 0) is 41.1 Å². The molecule has 1 aliphatic rings. The second kappa shape index (κ2) is 5.31. The van der Waals surface area contributed by atoms with Gasteiger partial charge in [-0.15, -0.1) is 10.2 Å². The van der Waals surface area contributed by atoms with Crippen molar-refractivity contribution in [3.63, 3.8) is 0 Å². The molecule has 7 nitrogen and oxygen atoms in total. The van der Waals surface area contributed by atoms with E-state index < -0.39 is 0 Å². The van der Waals surface area contributed by atoms with Crippen LogP contribution in [-0.4, -0.2) is 41.7 Å². The Kier molecular flexibility index (Phi) is 3.38. The lowest BCUT2D eigenvalue weighted by Crippen LogP contribution is -2.41. The third-order valence-electron chi connectivity index (χ3n) is 4.04. The predicted octanol–water partition coefficient (Wildman–Crippen LogP) is 2.56. The average molecular weight is 396 g/mol. The van der Waals surface area contributed by atoms with E-state index in [1.165, 1.54) is 0 Å². The van der Waals surface area contributed by atoms with Crippen molar-refractivity contribution in [2.45, 2.75) is 19.5 Å². The summed E-state index contributed by atoms with van der Waals surface area (Å²) in [5, 5.41) is 13.1. The second-order valence-electron chi connectivity index (χ2n) is 5.40. The summed E-state index contributed by atoms with van der Waals surface area (Å²) in [6.07, 6.45) is 1.68. The molecule has 23 heavy (non-hydrogen) atoms. The lowest BCUT2D eigenvalue weighted by molar-refractivity contribution is 0.0630. The third-order valence-corrected chi connectivity index (χ3v) is 4.85. The van der Waals surface area contributed by atoms with E-state index in [-0.39, 0.29) is 11.9 Å². The number of amides is 1. The molecular weight excluding hydrogens is 384 g/mol. The van der Waals surface area contributed by atoms with E-state index in [0.717, 1.165) is 11.3 Å². The zero-order valence-electron chi connectivity index (χ0n) is 12.1. The van der Waals surface area contributed by atoms with E-state index in [2.05, 4.69) is 31.2 Å². The largest absolute Gasteiger partial charge is 0.325 e. The van der Waals surface area contributed by atoms with Crippen LogP contribution in [0.3, 0.4) is 0 Å². The van der Waals surface area contributed by atoms with Crippen LogP contribution in [0.5, 0.6) is 0 Å². The highest BCUT2D eigenvalue weighted by Gasteiger charge is 2.32. The first-order valence-corrected chi connectivity index (χ1v) is 8.26. The minimum Gasteiger partial charge on any atom is -0.325 e. The van der Waals surface area contributed by atoms with Crippen LogP contribution in [0.2, 0.25) is 5.02 Å². The molecule has 4 heterocycles. The van der Waals surface area contributed by atoms with Crippen LogP contribution in [-0.2, 0) is 6.54 Å². The standard InChI is InChI=1S/C14H12BrClN6O/c1-8-12-17-18-14(15)21(12)5-4-20(8)13(23)11-6-10-3-2-9(16)7-22(10)19-11/h2-3,6-8H,4-5H2,1H3. The minimum absolute atomic E-state index is 0.123. The highest BCUT2D eigenvalue weighted by atomic mass is 79.9. The summed E-state index contributed by atoms with van der Waals surface area (Å²) in [7, 11) is 0. The SMILES string of the molecule is CC1c2nnc(Br)n2CCN1C(=O)c1cc2ccc(Cl)cn2n1. The maximum Gasteiger partial charge on any atom is 0.275 e. The normalized spacial score (nSPS) is 17.5. The summed E-state index contributed by atoms with van der Waals surface area (Å²) in [5.74, 6) is 0.644. The van der Waals surface area contributed by atoms with Gasteiger partial charge < -0.3 is 9.47 Å². The Morgan fingerprint density at radius 1 is 1.35 bits per heavy atom. The van der Waals surface area contributed by atoms with Crippen molar-refractivity contribution in [3.8, 4) is 0 Å². The topological polar surface area (TPSA) is 68.3 Å². The van der Waals surface area contributed by atoms with Crippen molar-refractivity contribution in [2.24, 2.45) is 0 Å². The van der Waals surface area contributed by atoms with Gasteiger partial charge in [-0.25, -0.2) is 4.52 Å². The number of hydrogen-bond donors (Lipinski definition) is 0. The molecule has 0 fully saturated rings. The molecular formula is C14H12BrClN6O. The number of fused-ring (bicyclic) bond motifs is 2. The summed E-state index contributed by atoms with van der Waals surface area (Å²) in [6, 6.07) is 5.21. The first-order valence-electron chi connectivity index (χ1n) is 7.09. The van der Waals surface area contributed by atoms with Crippen LogP contribution >= 0.6 is 27.5 Å². The van der Waals surface area contributed by atoms with Crippen molar-refractivity contribution < 1.29 is 4.79 Å². The Labute approximate surface area is 145 Å². The molecule has 118 valence electrons. The average Bonchev–Trinajstić information content (AvgIpc) is 3.11. The first kappa shape index (κ1) is 14.6. The molecule has 0 aromatic carbocycles. The smallest absolute Gasteiger partial charge is 0.275 e. The summed E-state index contributed by atoms with van der Waals surface area (Å²) >= 11 is 9.33. The van der Waals surface area contributed by atoms with Crippen molar-refractivity contribution in [2.75, 3.05) is 6.54 Å². The molecule has 0 radical (unpaired) electrons. The lowest BCUT2D eigenvalue weighted by Gasteiger charge is -2.32. The summed E-state index contributed by atoms with van der Waals surface area (Å²) < 4.78 is 4.27. The zero-order chi connectivity index (χ0) is 16.1. The fourth-order valence-electron chi connectivity index (χ4n) is 2.84. The third kappa shape index (κ3) is 2.33. The maximum atomic E-state index is 12.8. The number of carbonyl (C=O) groups is 1. The Bertz CT molecular complexity index is 919. The number of rotatable bonds is 1. The van der Waals surface area contributed by atoms with Gasteiger partial charge in [0, 0.05) is 19.3 Å². The van der Waals surface area contributed by atoms with Gasteiger partial charge in [-0.3, -0.25) is 4.79 Å². The monoisotopic (exact) mass is 394 g/mol. The van der Waals surface area contributed by atoms with Gasteiger partial charge in [-0.1, -0.05) is 11.6 Å². The van der Waals surface area contributed by atoms with E-state index in [1.807, 2.05) is 17.6 Å². The molecule has 0 aliphatic carbocycles. The van der Waals surface area contributed by atoms with Gasteiger partial charge >= 0.3 is 0 Å². The molecule has 1 aliphatic heterocycles. The number of halogens is 2. The summed E-state index contributed by atoms with van der Waals surface area (Å²) in [5.41, 5.74) is 1.22. The van der Waals surface area contributed by atoms with E-state index in [4.69, 9.17) is 11.6 Å². The molecule has 3 aromatic heterocycles. The van der Waals surface area contributed by atoms with E-state index in [1.54, 1.807) is 27.7 Å². The van der Waals surface area contributed by atoms with Crippen molar-refractivity contribution >= 4 is 39.0 Å². The number of aromatic nitrogens is 5. The van der Waals surface area contributed by atoms with Gasteiger partial charge in [-0.2, -0.15) is 5.10 Å². The first-order chi connectivity index (χ1) is 11.0. The molecule has 0 bridgehead atoms. The van der Waals surface area contributed by atoms with Gasteiger partial charge in [0.15, 0.2) is 16.3 Å². The van der Waals surface area contributed by atoms with Crippen LogP contribution in [0.25, 0.3) is 5.52 Å². The van der Waals surface area contributed by atoms with Crippen molar-refractivity contribution in [3.05, 3.63) is 45.7 Å². The summed E-state index contributed by atoms with van der Waals surface area (Å²) in [6.45, 7) is 3.17. The fourth-order valence-corrected chi connectivity index (χ4v) is 3.44. The highest BCUT2D eigenvalue weighted by Crippen LogP contribution is 2.27. The van der Waals surface area contributed by atoms with Crippen LogP contribution in [0, 0.1) is 0 Å². The number of hydrogen-bond acceptors (Lipinski definition) is 4. The predicted molar refractivity (Wildman–Crippen MR) is 87.4 cm³/mol. The molecule has 9 heteroatoms. The fraction of sp³-hybridized carbons (Fsp3) is 0.286. The molecule has 1 amide bonds. The van der Waals surface area contributed by atoms with Crippen LogP contribution in [0.15, 0.2) is 29.1 Å². The zero-order valence-corrected chi connectivity index (χ0v) is 14.5. The summed E-state index contributed by atoms with van der Waals surface area (Å²) in [4.78, 5) is 14.6. The molecule has 3 aromatic rings. The maximum absolute atomic E-state index is 12.8. The Hall–Kier alpha value is -1.93. The van der Waals surface area contributed by atoms with E-state index >= 15 is 0 Å². The minimum atomic E-state index is -0.163. The molecule has 1 atom stereocenters. The van der Waals surface area contributed by atoms with Gasteiger partial charge in [0.1, 0.15) is 0 Å². The van der Waals surface area contributed by atoms with Gasteiger partial charge in [0.2, 0.25) is 0 Å². The lowest BCUT2D eigenvalue weighted by atomic mass is 10.2.